The van der Waals surface area contributed by atoms with Gasteiger partial charge in [-0.1, -0.05) is 33.6 Å². The van der Waals surface area contributed by atoms with Crippen LogP contribution in [0.15, 0.2) is 0 Å². The van der Waals surface area contributed by atoms with Crippen molar-refractivity contribution in [1.29, 1.82) is 0 Å². The van der Waals surface area contributed by atoms with E-state index in [1.165, 1.54) is 0 Å². The van der Waals surface area contributed by atoms with Gasteiger partial charge in [-0.25, -0.2) is 0 Å². The smallest absolute Gasteiger partial charge is 0.323 e. The van der Waals surface area contributed by atoms with Crippen molar-refractivity contribution in [1.82, 2.24) is 5.32 Å². The summed E-state index contributed by atoms with van der Waals surface area (Å²) in [6.07, 6.45) is 3.71. The Labute approximate surface area is 98.6 Å². The average Bonchev–Trinajstić information content (AvgIpc) is 2.17. The van der Waals surface area contributed by atoms with Gasteiger partial charge in [-0.3, -0.25) is 10.1 Å². The fourth-order valence-electron chi connectivity index (χ4n) is 2.54. The van der Waals surface area contributed by atoms with Crippen LogP contribution in [0.25, 0.3) is 0 Å². The number of carboxylic acids is 1. The van der Waals surface area contributed by atoms with Crippen molar-refractivity contribution in [2.45, 2.75) is 65.0 Å². The minimum Gasteiger partial charge on any atom is -0.480 e. The molecule has 0 spiro atoms. The predicted molar refractivity (Wildman–Crippen MR) is 65.4 cm³/mol. The Morgan fingerprint density at radius 2 is 2.06 bits per heavy atom. The molecule has 0 amide bonds. The van der Waals surface area contributed by atoms with Crippen LogP contribution in [0.4, 0.5) is 0 Å². The minimum absolute atomic E-state index is 0.251. The van der Waals surface area contributed by atoms with Gasteiger partial charge in [0.2, 0.25) is 0 Å². The minimum atomic E-state index is -0.679. The molecule has 0 aromatic heterocycles. The van der Waals surface area contributed by atoms with Crippen molar-refractivity contribution in [3.8, 4) is 0 Å². The topological polar surface area (TPSA) is 49.3 Å². The number of aliphatic carboxylic acids is 1. The van der Waals surface area contributed by atoms with E-state index in [0.29, 0.717) is 11.8 Å². The third-order valence-electron chi connectivity index (χ3n) is 3.91. The fourth-order valence-corrected chi connectivity index (χ4v) is 2.54. The van der Waals surface area contributed by atoms with Crippen LogP contribution in [0.3, 0.4) is 0 Å². The van der Waals surface area contributed by atoms with Gasteiger partial charge in [0.25, 0.3) is 0 Å². The van der Waals surface area contributed by atoms with Crippen molar-refractivity contribution in [2.24, 2.45) is 11.8 Å². The van der Waals surface area contributed by atoms with E-state index in [0.717, 1.165) is 25.7 Å². The highest BCUT2D eigenvalue weighted by atomic mass is 16.4. The van der Waals surface area contributed by atoms with E-state index in [4.69, 9.17) is 0 Å². The number of carbonyl (C=O) groups is 1. The quantitative estimate of drug-likeness (QED) is 0.776. The van der Waals surface area contributed by atoms with Crippen molar-refractivity contribution in [3.63, 3.8) is 0 Å². The van der Waals surface area contributed by atoms with E-state index in [9.17, 15) is 9.90 Å². The summed E-state index contributed by atoms with van der Waals surface area (Å²) in [5.41, 5.74) is -0.679. The van der Waals surface area contributed by atoms with Gasteiger partial charge in [0.05, 0.1) is 0 Å². The maximum absolute atomic E-state index is 11.5. The lowest BCUT2D eigenvalue weighted by atomic mass is 9.75. The Hall–Kier alpha value is -0.570. The van der Waals surface area contributed by atoms with E-state index in [-0.39, 0.29) is 6.04 Å². The second-order valence-corrected chi connectivity index (χ2v) is 5.77. The molecule has 0 aliphatic heterocycles. The SMILES string of the molecule is CC1CCCC(NC(C)C(C)C)(C(=O)O)C1. The predicted octanol–water partition coefficient (Wildman–Crippen LogP) is 2.65. The molecular weight excluding hydrogens is 202 g/mol. The lowest BCUT2D eigenvalue weighted by Gasteiger charge is -2.40. The number of hydrogen-bond acceptors (Lipinski definition) is 2. The first-order valence-electron chi connectivity index (χ1n) is 6.38. The Balaban J connectivity index is 2.76. The second-order valence-electron chi connectivity index (χ2n) is 5.77. The van der Waals surface area contributed by atoms with Crippen LogP contribution in [-0.2, 0) is 4.79 Å². The van der Waals surface area contributed by atoms with E-state index in [1.807, 2.05) is 0 Å². The Morgan fingerprint density at radius 3 is 2.50 bits per heavy atom. The molecule has 0 radical (unpaired) electrons. The summed E-state index contributed by atoms with van der Waals surface area (Å²) in [4.78, 5) is 11.5. The molecule has 2 N–H and O–H groups in total. The van der Waals surface area contributed by atoms with Crippen LogP contribution < -0.4 is 5.32 Å². The van der Waals surface area contributed by atoms with Crippen LogP contribution in [0, 0.1) is 11.8 Å². The van der Waals surface area contributed by atoms with Gasteiger partial charge in [-0.2, -0.15) is 0 Å². The van der Waals surface area contributed by atoms with Gasteiger partial charge >= 0.3 is 5.97 Å². The highest BCUT2D eigenvalue weighted by Crippen LogP contribution is 2.33. The lowest BCUT2D eigenvalue weighted by Crippen LogP contribution is -2.58. The molecule has 3 atom stereocenters. The van der Waals surface area contributed by atoms with Crippen LogP contribution in [-0.4, -0.2) is 22.7 Å². The molecule has 0 saturated heterocycles. The van der Waals surface area contributed by atoms with Gasteiger partial charge in [0, 0.05) is 6.04 Å². The normalized spacial score (nSPS) is 32.7. The van der Waals surface area contributed by atoms with Crippen molar-refractivity contribution in [3.05, 3.63) is 0 Å². The van der Waals surface area contributed by atoms with Gasteiger partial charge in [-0.05, 0) is 31.6 Å². The third-order valence-corrected chi connectivity index (χ3v) is 3.91. The molecule has 1 fully saturated rings. The molecule has 16 heavy (non-hydrogen) atoms. The van der Waals surface area contributed by atoms with Crippen LogP contribution >= 0.6 is 0 Å². The van der Waals surface area contributed by atoms with E-state index < -0.39 is 11.5 Å². The summed E-state index contributed by atoms with van der Waals surface area (Å²) in [7, 11) is 0. The maximum Gasteiger partial charge on any atom is 0.323 e. The van der Waals surface area contributed by atoms with Crippen LogP contribution in [0.5, 0.6) is 0 Å². The molecule has 1 rings (SSSR count). The fraction of sp³-hybridized carbons (Fsp3) is 0.923. The zero-order valence-corrected chi connectivity index (χ0v) is 10.9. The first-order valence-corrected chi connectivity index (χ1v) is 6.38. The lowest BCUT2D eigenvalue weighted by molar-refractivity contribution is -0.147. The van der Waals surface area contributed by atoms with Gasteiger partial charge < -0.3 is 5.11 Å². The van der Waals surface area contributed by atoms with Crippen LogP contribution in [0.2, 0.25) is 0 Å². The Kier molecular flexibility index (Phi) is 4.36. The summed E-state index contributed by atoms with van der Waals surface area (Å²) < 4.78 is 0. The zero-order chi connectivity index (χ0) is 12.3. The summed E-state index contributed by atoms with van der Waals surface area (Å²) in [5.74, 6) is 0.303. The molecule has 0 aromatic carbocycles. The molecular formula is C13H25NO2. The molecule has 0 heterocycles. The maximum atomic E-state index is 11.5. The van der Waals surface area contributed by atoms with Gasteiger partial charge in [0.15, 0.2) is 0 Å². The highest BCUT2D eigenvalue weighted by Gasteiger charge is 2.42. The number of nitrogens with one attached hydrogen (secondary N) is 1. The highest BCUT2D eigenvalue weighted by molar-refractivity contribution is 5.79. The largest absolute Gasteiger partial charge is 0.480 e. The molecule has 0 bridgehead atoms. The number of carboxylic acid groups (broad SMARTS) is 1. The number of hydrogen-bond donors (Lipinski definition) is 2. The van der Waals surface area contributed by atoms with E-state index in [2.05, 4.69) is 33.0 Å². The third kappa shape index (κ3) is 2.97. The van der Waals surface area contributed by atoms with Crippen molar-refractivity contribution in [2.75, 3.05) is 0 Å². The molecule has 3 unspecified atom stereocenters. The Morgan fingerprint density at radius 1 is 1.44 bits per heavy atom. The van der Waals surface area contributed by atoms with Crippen molar-refractivity contribution >= 4 is 5.97 Å². The summed E-state index contributed by atoms with van der Waals surface area (Å²) >= 11 is 0. The van der Waals surface area contributed by atoms with E-state index >= 15 is 0 Å². The second kappa shape index (κ2) is 5.17. The zero-order valence-electron chi connectivity index (χ0n) is 10.9. The molecule has 3 nitrogen and oxygen atoms in total. The average molecular weight is 227 g/mol. The molecule has 1 aliphatic carbocycles. The molecule has 94 valence electrons. The van der Waals surface area contributed by atoms with E-state index in [1.54, 1.807) is 0 Å². The molecule has 0 aromatic rings. The van der Waals surface area contributed by atoms with Crippen molar-refractivity contribution < 1.29 is 9.90 Å². The summed E-state index contributed by atoms with van der Waals surface area (Å²) in [6, 6.07) is 0.251. The first-order chi connectivity index (χ1) is 7.37. The van der Waals surface area contributed by atoms with Gasteiger partial charge in [0.1, 0.15) is 5.54 Å². The monoisotopic (exact) mass is 227 g/mol. The molecule has 3 heteroatoms. The van der Waals surface area contributed by atoms with Gasteiger partial charge in [-0.15, -0.1) is 0 Å². The standard InChI is InChI=1S/C13H25NO2/c1-9(2)11(4)14-13(12(15)16)7-5-6-10(3)8-13/h9-11,14H,5-8H2,1-4H3,(H,15,16). The molecule has 1 aliphatic rings. The number of rotatable bonds is 4. The first kappa shape index (κ1) is 13.5. The summed E-state index contributed by atoms with van der Waals surface area (Å²) in [6.45, 7) is 8.48. The van der Waals surface area contributed by atoms with Crippen LogP contribution in [0.1, 0.15) is 53.4 Å². The summed E-state index contributed by atoms with van der Waals surface area (Å²) in [5, 5.41) is 12.8. The molecule has 1 saturated carbocycles. The Bertz CT molecular complexity index is 252.